The Morgan fingerprint density at radius 3 is 2.64 bits per heavy atom. The molecule has 0 aromatic carbocycles. The molecule has 0 spiro atoms. The summed E-state index contributed by atoms with van der Waals surface area (Å²) in [4.78, 5) is 23.2. The van der Waals surface area contributed by atoms with Gasteiger partial charge in [-0.05, 0) is 24.3 Å². The summed E-state index contributed by atoms with van der Waals surface area (Å²) in [6, 6.07) is 4.52. The van der Waals surface area contributed by atoms with Gasteiger partial charge in [-0.3, -0.25) is 9.59 Å². The SMILES string of the molecule is NC(=O)c1ccc(C(F)(F)F)n(CC(O)COCc2ccco2)c1=O. The molecule has 0 aliphatic heterocycles. The molecule has 1 unspecified atom stereocenters. The Morgan fingerprint density at radius 2 is 2.08 bits per heavy atom. The first-order valence-corrected chi connectivity index (χ1v) is 7.09. The molecule has 2 aromatic heterocycles. The first kappa shape index (κ1) is 18.7. The molecule has 0 aliphatic carbocycles. The number of pyridine rings is 1. The second-order valence-corrected chi connectivity index (χ2v) is 5.16. The van der Waals surface area contributed by atoms with E-state index in [4.69, 9.17) is 14.9 Å². The van der Waals surface area contributed by atoms with Crippen LogP contribution in [-0.4, -0.2) is 28.3 Å². The highest BCUT2D eigenvalue weighted by Crippen LogP contribution is 2.28. The molecule has 0 radical (unpaired) electrons. The molecule has 1 amide bonds. The number of nitrogens with two attached hydrogens (primary N) is 1. The van der Waals surface area contributed by atoms with Crippen molar-refractivity contribution in [3.63, 3.8) is 0 Å². The third kappa shape index (κ3) is 4.70. The monoisotopic (exact) mass is 360 g/mol. The molecule has 25 heavy (non-hydrogen) atoms. The average Bonchev–Trinajstić information content (AvgIpc) is 3.01. The third-order valence-corrected chi connectivity index (χ3v) is 3.26. The number of amides is 1. The number of primary amides is 1. The van der Waals surface area contributed by atoms with Gasteiger partial charge in [0, 0.05) is 0 Å². The number of ether oxygens (including phenoxy) is 1. The van der Waals surface area contributed by atoms with Gasteiger partial charge in [0.2, 0.25) is 0 Å². The van der Waals surface area contributed by atoms with Crippen LogP contribution in [0.4, 0.5) is 13.2 Å². The Balaban J connectivity index is 2.16. The second-order valence-electron chi connectivity index (χ2n) is 5.16. The number of aliphatic hydroxyl groups is 1. The normalized spacial score (nSPS) is 13.0. The Bertz CT molecular complexity index is 783. The van der Waals surface area contributed by atoms with Crippen molar-refractivity contribution >= 4 is 5.91 Å². The molecule has 2 heterocycles. The maximum atomic E-state index is 13.0. The molecule has 136 valence electrons. The fourth-order valence-electron chi connectivity index (χ4n) is 2.15. The van der Waals surface area contributed by atoms with Crippen molar-refractivity contribution in [1.29, 1.82) is 0 Å². The number of hydrogen-bond acceptors (Lipinski definition) is 5. The molecule has 2 aromatic rings. The predicted molar refractivity (Wildman–Crippen MR) is 78.6 cm³/mol. The van der Waals surface area contributed by atoms with E-state index in [-0.39, 0.29) is 17.8 Å². The fourth-order valence-corrected chi connectivity index (χ4v) is 2.15. The second kappa shape index (κ2) is 7.53. The van der Waals surface area contributed by atoms with E-state index in [0.717, 1.165) is 0 Å². The zero-order valence-corrected chi connectivity index (χ0v) is 12.8. The topological polar surface area (TPSA) is 108 Å². The molecule has 0 saturated carbocycles. The summed E-state index contributed by atoms with van der Waals surface area (Å²) in [5.41, 5.74) is 1.85. The Hall–Kier alpha value is -2.59. The number of aromatic nitrogens is 1. The van der Waals surface area contributed by atoms with E-state index in [0.29, 0.717) is 17.9 Å². The van der Waals surface area contributed by atoms with Crippen molar-refractivity contribution in [3.05, 3.63) is 57.9 Å². The molecule has 7 nitrogen and oxygen atoms in total. The zero-order chi connectivity index (χ0) is 18.6. The van der Waals surface area contributed by atoms with Crippen molar-refractivity contribution < 1.29 is 32.2 Å². The summed E-state index contributed by atoms with van der Waals surface area (Å²) < 4.78 is 49.5. The highest BCUT2D eigenvalue weighted by molar-refractivity contribution is 5.92. The molecule has 3 N–H and O–H groups in total. The minimum absolute atomic E-state index is 0.00636. The highest BCUT2D eigenvalue weighted by Gasteiger charge is 2.35. The molecule has 1 atom stereocenters. The number of alkyl halides is 3. The Labute approximate surface area is 139 Å². The van der Waals surface area contributed by atoms with Crippen LogP contribution in [0, 0.1) is 0 Å². The summed E-state index contributed by atoms with van der Waals surface area (Å²) in [7, 11) is 0. The predicted octanol–water partition coefficient (Wildman–Crippen LogP) is 1.14. The van der Waals surface area contributed by atoms with Gasteiger partial charge in [-0.1, -0.05) is 0 Å². The highest BCUT2D eigenvalue weighted by atomic mass is 19.4. The Morgan fingerprint density at radius 1 is 1.36 bits per heavy atom. The lowest BCUT2D eigenvalue weighted by molar-refractivity contribution is -0.145. The summed E-state index contributed by atoms with van der Waals surface area (Å²) >= 11 is 0. The van der Waals surface area contributed by atoms with Crippen LogP contribution < -0.4 is 11.3 Å². The molecular formula is C15H15F3N2O5. The first-order valence-electron chi connectivity index (χ1n) is 7.09. The van der Waals surface area contributed by atoms with Crippen LogP contribution in [0.25, 0.3) is 0 Å². The minimum atomic E-state index is -4.84. The van der Waals surface area contributed by atoms with Crippen LogP contribution in [-0.2, 0) is 24.1 Å². The van der Waals surface area contributed by atoms with Gasteiger partial charge in [0.1, 0.15) is 23.6 Å². The summed E-state index contributed by atoms with van der Waals surface area (Å²) in [6.07, 6.45) is -4.85. The van der Waals surface area contributed by atoms with Gasteiger partial charge in [0.05, 0.1) is 25.5 Å². The van der Waals surface area contributed by atoms with Gasteiger partial charge in [-0.25, -0.2) is 0 Å². The number of furan rings is 1. The lowest BCUT2D eigenvalue weighted by Crippen LogP contribution is -2.37. The van der Waals surface area contributed by atoms with Crippen LogP contribution >= 0.6 is 0 Å². The van der Waals surface area contributed by atoms with Gasteiger partial charge >= 0.3 is 6.18 Å². The fraction of sp³-hybridized carbons (Fsp3) is 0.333. The van der Waals surface area contributed by atoms with Gasteiger partial charge in [-0.15, -0.1) is 0 Å². The van der Waals surface area contributed by atoms with E-state index in [2.05, 4.69) is 0 Å². The van der Waals surface area contributed by atoms with Gasteiger partial charge in [0.25, 0.3) is 11.5 Å². The molecule has 0 aliphatic rings. The summed E-state index contributed by atoms with van der Waals surface area (Å²) in [5.74, 6) is -0.688. The maximum Gasteiger partial charge on any atom is 0.431 e. The molecule has 2 rings (SSSR count). The largest absolute Gasteiger partial charge is 0.467 e. The van der Waals surface area contributed by atoms with Crippen LogP contribution in [0.2, 0.25) is 0 Å². The zero-order valence-electron chi connectivity index (χ0n) is 12.8. The van der Waals surface area contributed by atoms with E-state index in [9.17, 15) is 27.9 Å². The van der Waals surface area contributed by atoms with Crippen LogP contribution in [0.1, 0.15) is 21.8 Å². The summed E-state index contributed by atoms with van der Waals surface area (Å²) in [6.45, 7) is -1.05. The minimum Gasteiger partial charge on any atom is -0.467 e. The van der Waals surface area contributed by atoms with E-state index in [1.165, 1.54) is 6.26 Å². The van der Waals surface area contributed by atoms with E-state index < -0.39 is 41.5 Å². The standard InChI is InChI=1S/C15H15F3N2O5/c16-15(17,18)12-4-3-11(13(19)22)14(23)20(12)6-9(21)7-24-8-10-2-1-5-25-10/h1-5,9,21H,6-8H2,(H2,19,22). The molecule has 0 saturated heterocycles. The van der Waals surface area contributed by atoms with Crippen molar-refractivity contribution in [3.8, 4) is 0 Å². The Kier molecular flexibility index (Phi) is 5.65. The van der Waals surface area contributed by atoms with Crippen LogP contribution in [0.5, 0.6) is 0 Å². The smallest absolute Gasteiger partial charge is 0.431 e. The quantitative estimate of drug-likeness (QED) is 0.770. The molecule has 10 heteroatoms. The van der Waals surface area contributed by atoms with Crippen molar-refractivity contribution in [1.82, 2.24) is 4.57 Å². The van der Waals surface area contributed by atoms with E-state index in [1.807, 2.05) is 0 Å². The third-order valence-electron chi connectivity index (χ3n) is 3.26. The van der Waals surface area contributed by atoms with Crippen molar-refractivity contribution in [2.45, 2.75) is 25.4 Å². The summed E-state index contributed by atoms with van der Waals surface area (Å²) in [5, 5.41) is 9.88. The number of hydrogen-bond donors (Lipinski definition) is 2. The number of rotatable bonds is 7. The lowest BCUT2D eigenvalue weighted by Gasteiger charge is -2.19. The molecule has 0 fully saturated rings. The van der Waals surface area contributed by atoms with E-state index >= 15 is 0 Å². The number of aliphatic hydroxyl groups excluding tert-OH is 1. The number of nitrogens with zero attached hydrogens (tertiary/aromatic N) is 1. The van der Waals surface area contributed by atoms with Gasteiger partial charge < -0.3 is 24.6 Å². The van der Waals surface area contributed by atoms with Crippen molar-refractivity contribution in [2.75, 3.05) is 6.61 Å². The van der Waals surface area contributed by atoms with Crippen molar-refractivity contribution in [2.24, 2.45) is 5.73 Å². The first-order chi connectivity index (χ1) is 11.7. The van der Waals surface area contributed by atoms with Crippen LogP contribution in [0.3, 0.4) is 0 Å². The van der Waals surface area contributed by atoms with Gasteiger partial charge in [0.15, 0.2) is 0 Å². The number of halogens is 3. The lowest BCUT2D eigenvalue weighted by atomic mass is 10.2. The van der Waals surface area contributed by atoms with Gasteiger partial charge in [-0.2, -0.15) is 13.2 Å². The van der Waals surface area contributed by atoms with Crippen LogP contribution in [0.15, 0.2) is 39.7 Å². The molecule has 0 bridgehead atoms. The average molecular weight is 360 g/mol. The van der Waals surface area contributed by atoms with E-state index in [1.54, 1.807) is 12.1 Å². The maximum absolute atomic E-state index is 13.0. The number of carbonyl (C=O) groups is 1. The number of carbonyl (C=O) groups excluding carboxylic acids is 1. The molecular weight excluding hydrogens is 345 g/mol.